The largest absolute Gasteiger partial charge is 0.462 e. The van der Waals surface area contributed by atoms with Crippen LogP contribution in [-0.2, 0) is 19.6 Å². The molecule has 0 spiro atoms. The monoisotopic (exact) mass is 466 g/mol. The van der Waals surface area contributed by atoms with E-state index >= 15 is 0 Å². The molecule has 0 unspecified atom stereocenters. The number of amides is 1. The van der Waals surface area contributed by atoms with Crippen molar-refractivity contribution in [2.45, 2.75) is 25.7 Å². The van der Waals surface area contributed by atoms with E-state index < -0.39 is 28.4 Å². The third kappa shape index (κ3) is 5.78. The van der Waals surface area contributed by atoms with Crippen LogP contribution in [0, 0.1) is 13.8 Å². The van der Waals surface area contributed by atoms with Gasteiger partial charge in [-0.15, -0.1) is 0 Å². The van der Waals surface area contributed by atoms with Crippen molar-refractivity contribution in [1.29, 1.82) is 0 Å². The summed E-state index contributed by atoms with van der Waals surface area (Å²) >= 11 is 0. The first-order valence-corrected chi connectivity index (χ1v) is 11.9. The predicted octanol–water partition coefficient (Wildman–Crippen LogP) is 4.31. The van der Waals surface area contributed by atoms with Crippen LogP contribution in [0.1, 0.15) is 28.4 Å². The Bertz CT molecular complexity index is 1260. The number of hydrogen-bond acceptors (Lipinski definition) is 5. The van der Waals surface area contributed by atoms with Crippen LogP contribution < -0.4 is 9.62 Å². The van der Waals surface area contributed by atoms with Crippen molar-refractivity contribution in [2.24, 2.45) is 0 Å². The number of rotatable bonds is 8. The third-order valence-electron chi connectivity index (χ3n) is 4.90. The van der Waals surface area contributed by atoms with Crippen LogP contribution >= 0.6 is 0 Å². The van der Waals surface area contributed by atoms with Crippen LogP contribution in [-0.4, -0.2) is 33.4 Å². The molecule has 0 saturated heterocycles. The average molecular weight is 467 g/mol. The van der Waals surface area contributed by atoms with Crippen LogP contribution in [0.15, 0.2) is 77.7 Å². The van der Waals surface area contributed by atoms with Gasteiger partial charge in [-0.05, 0) is 62.7 Å². The Morgan fingerprint density at radius 1 is 0.939 bits per heavy atom. The zero-order chi connectivity index (χ0) is 24.0. The van der Waals surface area contributed by atoms with Crippen molar-refractivity contribution < 1.29 is 22.7 Å². The first-order chi connectivity index (χ1) is 15.7. The Kier molecular flexibility index (Phi) is 7.50. The summed E-state index contributed by atoms with van der Waals surface area (Å²) < 4.78 is 33.0. The maximum Gasteiger partial charge on any atom is 0.338 e. The Morgan fingerprint density at radius 3 is 2.33 bits per heavy atom. The maximum atomic E-state index is 13.5. The summed E-state index contributed by atoms with van der Waals surface area (Å²) in [5, 5.41) is 2.68. The summed E-state index contributed by atoms with van der Waals surface area (Å²) in [6, 6.07) is 19.6. The highest BCUT2D eigenvalue weighted by Gasteiger charge is 2.28. The first-order valence-electron chi connectivity index (χ1n) is 10.4. The van der Waals surface area contributed by atoms with E-state index in [9.17, 15) is 18.0 Å². The van der Waals surface area contributed by atoms with E-state index in [4.69, 9.17) is 4.74 Å². The van der Waals surface area contributed by atoms with Gasteiger partial charge < -0.3 is 10.1 Å². The van der Waals surface area contributed by atoms with Gasteiger partial charge in [-0.1, -0.05) is 42.0 Å². The van der Waals surface area contributed by atoms with Gasteiger partial charge >= 0.3 is 5.97 Å². The number of carbonyl (C=O) groups is 2. The number of hydrogen-bond donors (Lipinski definition) is 1. The zero-order valence-electron chi connectivity index (χ0n) is 18.7. The van der Waals surface area contributed by atoms with Crippen molar-refractivity contribution in [3.05, 3.63) is 89.5 Å². The molecule has 1 N–H and O–H groups in total. The van der Waals surface area contributed by atoms with E-state index in [1.54, 1.807) is 62.4 Å². The number of ether oxygens (including phenoxy) is 1. The lowest BCUT2D eigenvalue weighted by molar-refractivity contribution is -0.114. The molecular formula is C25H26N2O5S. The number of benzene rings is 3. The van der Waals surface area contributed by atoms with Gasteiger partial charge in [-0.25, -0.2) is 13.2 Å². The number of esters is 1. The number of nitrogens with one attached hydrogen (secondary N) is 1. The molecule has 0 heterocycles. The second-order valence-electron chi connectivity index (χ2n) is 7.46. The second-order valence-corrected chi connectivity index (χ2v) is 9.33. The molecule has 0 fully saturated rings. The number of carbonyl (C=O) groups excluding carboxylic acids is 2. The average Bonchev–Trinajstić information content (AvgIpc) is 2.79. The fraction of sp³-hybridized carbons (Fsp3) is 0.200. The molecule has 0 aliphatic carbocycles. The second kappa shape index (κ2) is 10.3. The molecule has 0 aromatic heterocycles. The van der Waals surface area contributed by atoms with Crippen molar-refractivity contribution in [1.82, 2.24) is 0 Å². The Morgan fingerprint density at radius 2 is 1.67 bits per heavy atom. The summed E-state index contributed by atoms with van der Waals surface area (Å²) in [6.45, 7) is 5.22. The zero-order valence-corrected chi connectivity index (χ0v) is 19.6. The van der Waals surface area contributed by atoms with E-state index in [1.165, 1.54) is 18.2 Å². The Hall–Kier alpha value is -3.65. The van der Waals surface area contributed by atoms with Crippen LogP contribution in [0.4, 0.5) is 11.4 Å². The standard InChI is InChI=1S/C25H26N2O5S/c1-4-32-25(29)20-9-8-10-21(16-20)26-24(28)17-27(23-14-13-18(2)15-19(23)3)33(30,31)22-11-6-5-7-12-22/h5-16H,4,17H2,1-3H3,(H,26,28). The summed E-state index contributed by atoms with van der Waals surface area (Å²) in [5.41, 5.74) is 2.78. The van der Waals surface area contributed by atoms with E-state index in [0.29, 0.717) is 11.4 Å². The minimum atomic E-state index is -4.01. The van der Waals surface area contributed by atoms with Gasteiger partial charge in [0.05, 0.1) is 22.8 Å². The lowest BCUT2D eigenvalue weighted by Gasteiger charge is -2.26. The smallest absolute Gasteiger partial charge is 0.338 e. The quantitative estimate of drug-likeness (QED) is 0.499. The lowest BCUT2D eigenvalue weighted by Crippen LogP contribution is -2.38. The van der Waals surface area contributed by atoms with Gasteiger partial charge in [0, 0.05) is 5.69 Å². The van der Waals surface area contributed by atoms with Crippen LogP contribution in [0.2, 0.25) is 0 Å². The molecule has 3 aromatic rings. The maximum absolute atomic E-state index is 13.5. The SMILES string of the molecule is CCOC(=O)c1cccc(NC(=O)CN(c2ccc(C)cc2C)S(=O)(=O)c2ccccc2)c1. The van der Waals surface area contributed by atoms with E-state index in [-0.39, 0.29) is 17.1 Å². The van der Waals surface area contributed by atoms with E-state index in [2.05, 4.69) is 5.32 Å². The van der Waals surface area contributed by atoms with Crippen molar-refractivity contribution in [2.75, 3.05) is 22.8 Å². The van der Waals surface area contributed by atoms with E-state index in [0.717, 1.165) is 15.4 Å². The van der Waals surface area contributed by atoms with Gasteiger partial charge in [-0.2, -0.15) is 0 Å². The molecule has 7 nitrogen and oxygen atoms in total. The minimum Gasteiger partial charge on any atom is -0.462 e. The molecule has 1 amide bonds. The van der Waals surface area contributed by atoms with Gasteiger partial charge in [0.2, 0.25) is 5.91 Å². The molecule has 0 radical (unpaired) electrons. The van der Waals surface area contributed by atoms with Crippen molar-refractivity contribution in [3.8, 4) is 0 Å². The number of anilines is 2. The summed E-state index contributed by atoms with van der Waals surface area (Å²) in [4.78, 5) is 25.0. The van der Waals surface area contributed by atoms with Crippen molar-refractivity contribution >= 4 is 33.3 Å². The minimum absolute atomic E-state index is 0.0853. The summed E-state index contributed by atoms with van der Waals surface area (Å²) in [7, 11) is -4.01. The molecule has 3 aromatic carbocycles. The highest BCUT2D eigenvalue weighted by Crippen LogP contribution is 2.27. The topological polar surface area (TPSA) is 92.8 Å². The highest BCUT2D eigenvalue weighted by atomic mass is 32.2. The fourth-order valence-electron chi connectivity index (χ4n) is 3.37. The molecule has 8 heteroatoms. The van der Waals surface area contributed by atoms with E-state index in [1.807, 2.05) is 13.0 Å². The predicted molar refractivity (Wildman–Crippen MR) is 128 cm³/mol. The lowest BCUT2D eigenvalue weighted by atomic mass is 10.1. The molecule has 0 atom stereocenters. The number of aryl methyl sites for hydroxylation is 2. The van der Waals surface area contributed by atoms with Gasteiger partial charge in [-0.3, -0.25) is 9.10 Å². The molecular weight excluding hydrogens is 440 g/mol. The first kappa shape index (κ1) is 24.0. The molecule has 0 bridgehead atoms. The van der Waals surface area contributed by atoms with Crippen LogP contribution in [0.25, 0.3) is 0 Å². The summed E-state index contributed by atoms with van der Waals surface area (Å²) in [5.74, 6) is -1.05. The van der Waals surface area contributed by atoms with Gasteiger partial charge in [0.15, 0.2) is 0 Å². The molecule has 3 rings (SSSR count). The third-order valence-corrected chi connectivity index (χ3v) is 6.67. The summed E-state index contributed by atoms with van der Waals surface area (Å²) in [6.07, 6.45) is 0. The Labute approximate surface area is 194 Å². The molecule has 0 aliphatic heterocycles. The molecule has 0 saturated carbocycles. The Balaban J connectivity index is 1.92. The van der Waals surface area contributed by atoms with Crippen LogP contribution in [0.3, 0.4) is 0 Å². The fourth-order valence-corrected chi connectivity index (χ4v) is 4.88. The normalized spacial score (nSPS) is 11.0. The van der Waals surface area contributed by atoms with Gasteiger partial charge in [0.25, 0.3) is 10.0 Å². The highest BCUT2D eigenvalue weighted by molar-refractivity contribution is 7.92. The number of sulfonamides is 1. The van der Waals surface area contributed by atoms with Crippen LogP contribution in [0.5, 0.6) is 0 Å². The molecule has 0 aliphatic rings. The van der Waals surface area contributed by atoms with Gasteiger partial charge in [0.1, 0.15) is 6.54 Å². The van der Waals surface area contributed by atoms with Crippen molar-refractivity contribution in [3.63, 3.8) is 0 Å². The molecule has 33 heavy (non-hydrogen) atoms. The molecule has 172 valence electrons. The number of nitrogens with zero attached hydrogens (tertiary/aromatic N) is 1.